The summed E-state index contributed by atoms with van der Waals surface area (Å²) in [6.45, 7) is 6.83. The van der Waals surface area contributed by atoms with E-state index in [2.05, 4.69) is 29.3 Å². The third-order valence-corrected chi connectivity index (χ3v) is 2.56. The Morgan fingerprint density at radius 2 is 2.00 bits per heavy atom. The Kier molecular flexibility index (Phi) is 5.49. The summed E-state index contributed by atoms with van der Waals surface area (Å²) in [5, 5.41) is 3.34. The van der Waals surface area contributed by atoms with E-state index in [9.17, 15) is 0 Å². The number of nitrogens with one attached hydrogen (secondary N) is 1. The fourth-order valence-electron chi connectivity index (χ4n) is 1.49. The maximum Gasteiger partial charge on any atom is 0.208 e. The van der Waals surface area contributed by atoms with Crippen LogP contribution in [0, 0.1) is 13.8 Å². The van der Waals surface area contributed by atoms with Gasteiger partial charge in [0.25, 0.3) is 0 Å². The van der Waals surface area contributed by atoms with Crippen LogP contribution in [0.3, 0.4) is 0 Å². The molecule has 4 heteroatoms. The lowest BCUT2D eigenvalue weighted by molar-refractivity contribution is 0.388. The van der Waals surface area contributed by atoms with Crippen LogP contribution in [-0.4, -0.2) is 37.1 Å². The largest absolute Gasteiger partial charge is 0.444 e. The Morgan fingerprint density at radius 3 is 2.56 bits per heavy atom. The Hall–Kier alpha value is -0.870. The first-order valence-corrected chi connectivity index (χ1v) is 5.88. The molecule has 4 nitrogen and oxygen atoms in total. The minimum atomic E-state index is 0.733. The van der Waals surface area contributed by atoms with Gasteiger partial charge in [-0.05, 0) is 53.9 Å². The summed E-state index contributed by atoms with van der Waals surface area (Å²) in [5.74, 6) is 1.71. The molecular weight excluding hydrogens is 202 g/mol. The smallest absolute Gasteiger partial charge is 0.208 e. The van der Waals surface area contributed by atoms with Gasteiger partial charge in [0.05, 0.1) is 12.2 Å². The first-order valence-electron chi connectivity index (χ1n) is 5.88. The second-order valence-electron chi connectivity index (χ2n) is 4.44. The average molecular weight is 225 g/mol. The van der Waals surface area contributed by atoms with Gasteiger partial charge in [0.15, 0.2) is 0 Å². The highest BCUT2D eigenvalue weighted by Crippen LogP contribution is 2.07. The lowest BCUT2D eigenvalue weighted by Crippen LogP contribution is -2.18. The lowest BCUT2D eigenvalue weighted by atomic mass is 10.3. The number of unbranched alkanes of at least 4 members (excludes halogenated alkanes) is 1. The van der Waals surface area contributed by atoms with Gasteiger partial charge in [-0.15, -0.1) is 0 Å². The zero-order valence-corrected chi connectivity index (χ0v) is 10.8. The predicted molar refractivity (Wildman–Crippen MR) is 65.5 cm³/mol. The number of rotatable bonds is 7. The van der Waals surface area contributed by atoms with E-state index in [1.165, 1.54) is 12.8 Å². The van der Waals surface area contributed by atoms with Crippen LogP contribution in [0.2, 0.25) is 0 Å². The molecule has 0 aliphatic carbocycles. The van der Waals surface area contributed by atoms with Gasteiger partial charge in [0.2, 0.25) is 5.89 Å². The van der Waals surface area contributed by atoms with Gasteiger partial charge in [0, 0.05) is 0 Å². The van der Waals surface area contributed by atoms with Gasteiger partial charge >= 0.3 is 0 Å². The van der Waals surface area contributed by atoms with E-state index < -0.39 is 0 Å². The van der Waals surface area contributed by atoms with E-state index in [1.54, 1.807) is 0 Å². The second kappa shape index (κ2) is 6.66. The summed E-state index contributed by atoms with van der Waals surface area (Å²) in [5.41, 5.74) is 0.990. The van der Waals surface area contributed by atoms with Crippen LogP contribution < -0.4 is 5.32 Å². The van der Waals surface area contributed by atoms with Crippen molar-refractivity contribution in [2.24, 2.45) is 0 Å². The Balaban J connectivity index is 2.07. The molecule has 1 N–H and O–H groups in total. The molecule has 0 aliphatic rings. The summed E-state index contributed by atoms with van der Waals surface area (Å²) < 4.78 is 5.48. The molecule has 0 bridgehead atoms. The lowest BCUT2D eigenvalue weighted by Gasteiger charge is -2.08. The summed E-state index contributed by atoms with van der Waals surface area (Å²) >= 11 is 0. The van der Waals surface area contributed by atoms with Crippen molar-refractivity contribution in [1.29, 1.82) is 0 Å². The minimum absolute atomic E-state index is 0.733. The van der Waals surface area contributed by atoms with Crippen LogP contribution in [0.1, 0.15) is 30.2 Å². The molecule has 0 spiro atoms. The van der Waals surface area contributed by atoms with Crippen molar-refractivity contribution in [3.63, 3.8) is 0 Å². The first-order chi connectivity index (χ1) is 7.59. The molecule has 1 aromatic heterocycles. The zero-order chi connectivity index (χ0) is 12.0. The zero-order valence-electron chi connectivity index (χ0n) is 10.8. The third kappa shape index (κ3) is 4.77. The van der Waals surface area contributed by atoms with Crippen LogP contribution in [0.4, 0.5) is 0 Å². The number of aromatic nitrogens is 1. The standard InChI is InChI=1S/C12H23N3O/c1-10-11(2)16-12(14-10)9-13-7-5-6-8-15(3)4/h13H,5-9H2,1-4H3. The first kappa shape index (κ1) is 13.2. The van der Waals surface area contributed by atoms with Gasteiger partial charge in [-0.25, -0.2) is 4.98 Å². The number of aryl methyl sites for hydroxylation is 2. The molecule has 0 radical (unpaired) electrons. The van der Waals surface area contributed by atoms with Gasteiger partial charge in [-0.3, -0.25) is 0 Å². The highest BCUT2D eigenvalue weighted by Gasteiger charge is 2.03. The molecule has 16 heavy (non-hydrogen) atoms. The van der Waals surface area contributed by atoms with E-state index in [0.29, 0.717) is 0 Å². The maximum atomic E-state index is 5.48. The molecule has 0 amide bonds. The van der Waals surface area contributed by atoms with Crippen LogP contribution in [0.5, 0.6) is 0 Å². The molecule has 92 valence electrons. The number of nitrogens with zero attached hydrogens (tertiary/aromatic N) is 2. The topological polar surface area (TPSA) is 41.3 Å². The summed E-state index contributed by atoms with van der Waals surface area (Å²) in [6, 6.07) is 0. The van der Waals surface area contributed by atoms with Crippen molar-refractivity contribution >= 4 is 0 Å². The fourth-order valence-corrected chi connectivity index (χ4v) is 1.49. The Morgan fingerprint density at radius 1 is 1.25 bits per heavy atom. The van der Waals surface area contributed by atoms with Gasteiger partial charge in [0.1, 0.15) is 5.76 Å². The SMILES string of the molecule is Cc1nc(CNCCCCN(C)C)oc1C. The van der Waals surface area contributed by atoms with Gasteiger partial charge < -0.3 is 14.6 Å². The predicted octanol–water partition coefficient (Wildman–Crippen LogP) is 1.72. The molecule has 0 fully saturated rings. The molecule has 0 aromatic carbocycles. The third-order valence-electron chi connectivity index (χ3n) is 2.56. The van der Waals surface area contributed by atoms with Crippen LogP contribution in [0.15, 0.2) is 4.42 Å². The van der Waals surface area contributed by atoms with Crippen molar-refractivity contribution in [1.82, 2.24) is 15.2 Å². The van der Waals surface area contributed by atoms with Crippen molar-refractivity contribution in [3.8, 4) is 0 Å². The Bertz CT molecular complexity index is 288. The maximum absolute atomic E-state index is 5.48. The number of hydrogen-bond acceptors (Lipinski definition) is 4. The molecule has 0 aliphatic heterocycles. The molecular formula is C12H23N3O. The van der Waals surface area contributed by atoms with Crippen molar-refractivity contribution in [2.45, 2.75) is 33.2 Å². The highest BCUT2D eigenvalue weighted by atomic mass is 16.4. The second-order valence-corrected chi connectivity index (χ2v) is 4.44. The monoisotopic (exact) mass is 225 g/mol. The van der Waals surface area contributed by atoms with E-state index in [4.69, 9.17) is 4.42 Å². The van der Waals surface area contributed by atoms with Gasteiger partial charge in [-0.1, -0.05) is 0 Å². The van der Waals surface area contributed by atoms with Crippen LogP contribution >= 0.6 is 0 Å². The van der Waals surface area contributed by atoms with E-state index in [1.807, 2.05) is 13.8 Å². The molecule has 0 atom stereocenters. The highest BCUT2D eigenvalue weighted by molar-refractivity contribution is 5.04. The summed E-state index contributed by atoms with van der Waals surface area (Å²) in [4.78, 5) is 6.53. The van der Waals surface area contributed by atoms with Crippen LogP contribution in [-0.2, 0) is 6.54 Å². The molecule has 0 saturated heterocycles. The molecule has 1 aromatic rings. The van der Waals surface area contributed by atoms with Crippen molar-refractivity contribution < 1.29 is 4.42 Å². The van der Waals surface area contributed by atoms with E-state index in [0.717, 1.165) is 37.0 Å². The summed E-state index contributed by atoms with van der Waals surface area (Å²) in [6.07, 6.45) is 2.42. The van der Waals surface area contributed by atoms with Gasteiger partial charge in [-0.2, -0.15) is 0 Å². The number of hydrogen-bond donors (Lipinski definition) is 1. The molecule has 0 unspecified atom stereocenters. The summed E-state index contributed by atoms with van der Waals surface area (Å²) in [7, 11) is 4.21. The van der Waals surface area contributed by atoms with Crippen molar-refractivity contribution in [2.75, 3.05) is 27.2 Å². The quantitative estimate of drug-likeness (QED) is 0.717. The minimum Gasteiger partial charge on any atom is -0.444 e. The van der Waals surface area contributed by atoms with Crippen molar-refractivity contribution in [3.05, 3.63) is 17.3 Å². The number of oxazole rings is 1. The van der Waals surface area contributed by atoms with Crippen LogP contribution in [0.25, 0.3) is 0 Å². The molecule has 0 saturated carbocycles. The van der Waals surface area contributed by atoms with E-state index in [-0.39, 0.29) is 0 Å². The molecule has 1 rings (SSSR count). The van der Waals surface area contributed by atoms with E-state index >= 15 is 0 Å². The normalized spacial score (nSPS) is 11.3. The Labute approximate surface area is 98.0 Å². The fraction of sp³-hybridized carbons (Fsp3) is 0.750. The molecule has 1 heterocycles. The average Bonchev–Trinajstić information content (AvgIpc) is 2.52.